The molecule has 2 saturated heterocycles. The van der Waals surface area contributed by atoms with Crippen LogP contribution >= 0.6 is 12.1 Å². The van der Waals surface area contributed by atoms with Crippen molar-refractivity contribution in [2.45, 2.75) is 69.5 Å². The predicted molar refractivity (Wildman–Crippen MR) is 102 cm³/mol. The number of carbonyl (C=O) groups excluding carboxylic acids is 1. The van der Waals surface area contributed by atoms with E-state index in [9.17, 15) is 4.79 Å². The third-order valence-corrected chi connectivity index (χ3v) is 6.96. The molecule has 0 radical (unpaired) electrons. The first-order chi connectivity index (χ1) is 12.6. The molecule has 7 nitrogen and oxygen atoms in total. The first-order valence-corrected chi connectivity index (χ1v) is 10.5. The molecule has 1 aromatic heterocycles. The minimum absolute atomic E-state index is 0.107. The molecule has 3 N–H and O–H groups in total. The first-order valence-electron chi connectivity index (χ1n) is 9.81. The van der Waals surface area contributed by atoms with Crippen molar-refractivity contribution in [2.75, 3.05) is 19.6 Å². The van der Waals surface area contributed by atoms with E-state index in [1.165, 1.54) is 0 Å². The van der Waals surface area contributed by atoms with Crippen LogP contribution in [-0.4, -0.2) is 57.4 Å². The molecule has 26 heavy (non-hydrogen) atoms. The highest BCUT2D eigenvalue weighted by atomic mass is 32.2. The Morgan fingerprint density at radius 1 is 1.27 bits per heavy atom. The van der Waals surface area contributed by atoms with Crippen LogP contribution in [0, 0.1) is 0 Å². The van der Waals surface area contributed by atoms with Crippen molar-refractivity contribution in [1.29, 1.82) is 0 Å². The lowest BCUT2D eigenvalue weighted by molar-refractivity contribution is 0.0906. The summed E-state index contributed by atoms with van der Waals surface area (Å²) in [4.78, 5) is 12.4. The van der Waals surface area contributed by atoms with Crippen LogP contribution in [0.25, 0.3) is 0 Å². The average molecular weight is 380 g/mol. The van der Waals surface area contributed by atoms with Gasteiger partial charge in [-0.15, -0.1) is 0 Å². The standard InChI is InChI=1S/C18H29N5O2S/c1-12-10-15(6-9-23(12)26-22-7-4-14(19)5-8-22)20-18(24)16-11-17(25-21-16)13-2-3-13/h11-15H,2-10,19H2,1H3,(H,20,24). The molecule has 1 amide bonds. The van der Waals surface area contributed by atoms with Crippen LogP contribution in [0.3, 0.4) is 0 Å². The van der Waals surface area contributed by atoms with E-state index in [4.69, 9.17) is 10.3 Å². The number of nitrogens with two attached hydrogens (primary N) is 1. The zero-order valence-electron chi connectivity index (χ0n) is 15.4. The lowest BCUT2D eigenvalue weighted by Crippen LogP contribution is -2.48. The molecule has 2 aliphatic heterocycles. The van der Waals surface area contributed by atoms with Crippen molar-refractivity contribution < 1.29 is 9.32 Å². The number of hydrogen-bond acceptors (Lipinski definition) is 7. The second-order valence-corrected chi connectivity index (χ2v) is 9.07. The number of rotatable bonds is 5. The Labute approximate surface area is 159 Å². The number of nitrogens with one attached hydrogen (secondary N) is 1. The van der Waals surface area contributed by atoms with E-state index < -0.39 is 0 Å². The van der Waals surface area contributed by atoms with E-state index >= 15 is 0 Å². The third-order valence-electron chi connectivity index (χ3n) is 5.61. The molecule has 0 aromatic carbocycles. The number of amides is 1. The van der Waals surface area contributed by atoms with Gasteiger partial charge in [-0.05, 0) is 45.4 Å². The van der Waals surface area contributed by atoms with E-state index in [1.54, 1.807) is 0 Å². The second-order valence-electron chi connectivity index (χ2n) is 7.92. The lowest BCUT2D eigenvalue weighted by Gasteiger charge is -2.40. The largest absolute Gasteiger partial charge is 0.360 e. The van der Waals surface area contributed by atoms with Gasteiger partial charge in [0.15, 0.2) is 5.69 Å². The van der Waals surface area contributed by atoms with Gasteiger partial charge in [0.2, 0.25) is 0 Å². The molecule has 1 aliphatic carbocycles. The Kier molecular flexibility index (Phi) is 5.54. The van der Waals surface area contributed by atoms with Crippen LogP contribution in [0.15, 0.2) is 10.6 Å². The molecule has 3 aliphatic rings. The van der Waals surface area contributed by atoms with Gasteiger partial charge in [-0.25, -0.2) is 8.61 Å². The normalized spacial score (nSPS) is 29.0. The number of aromatic nitrogens is 1. The summed E-state index contributed by atoms with van der Waals surface area (Å²) in [5, 5.41) is 7.08. The molecule has 2 unspecified atom stereocenters. The predicted octanol–water partition coefficient (Wildman–Crippen LogP) is 2.12. The molecule has 0 bridgehead atoms. The number of carbonyl (C=O) groups is 1. The van der Waals surface area contributed by atoms with Crippen molar-refractivity contribution in [1.82, 2.24) is 19.1 Å². The Morgan fingerprint density at radius 2 is 2.04 bits per heavy atom. The van der Waals surface area contributed by atoms with Gasteiger partial charge in [0.25, 0.3) is 5.91 Å². The zero-order chi connectivity index (χ0) is 18.1. The van der Waals surface area contributed by atoms with E-state index in [0.717, 1.165) is 63.9 Å². The first kappa shape index (κ1) is 18.3. The number of piperidine rings is 2. The van der Waals surface area contributed by atoms with Gasteiger partial charge in [-0.3, -0.25) is 4.79 Å². The smallest absolute Gasteiger partial charge is 0.273 e. The fourth-order valence-corrected chi connectivity index (χ4v) is 4.83. The summed E-state index contributed by atoms with van der Waals surface area (Å²) in [6, 6.07) is 2.80. The summed E-state index contributed by atoms with van der Waals surface area (Å²) < 4.78 is 10.2. The van der Waals surface area contributed by atoms with Crippen molar-refractivity contribution >= 4 is 18.0 Å². The van der Waals surface area contributed by atoms with Crippen LogP contribution in [0.1, 0.15) is 67.6 Å². The fraction of sp³-hybridized carbons (Fsp3) is 0.778. The topological polar surface area (TPSA) is 87.6 Å². The van der Waals surface area contributed by atoms with Gasteiger partial charge in [0.05, 0.1) is 0 Å². The van der Waals surface area contributed by atoms with Crippen LogP contribution in [0.5, 0.6) is 0 Å². The van der Waals surface area contributed by atoms with Gasteiger partial charge in [-0.2, -0.15) is 0 Å². The minimum atomic E-state index is -0.107. The molecule has 3 fully saturated rings. The molecule has 8 heteroatoms. The van der Waals surface area contributed by atoms with E-state index in [-0.39, 0.29) is 11.9 Å². The minimum Gasteiger partial charge on any atom is -0.360 e. The zero-order valence-corrected chi connectivity index (χ0v) is 16.2. The van der Waals surface area contributed by atoms with Crippen LogP contribution in [-0.2, 0) is 0 Å². The molecule has 144 valence electrons. The summed E-state index contributed by atoms with van der Waals surface area (Å²) in [5.74, 6) is 1.23. The van der Waals surface area contributed by atoms with Crippen molar-refractivity contribution in [3.8, 4) is 0 Å². The monoisotopic (exact) mass is 379 g/mol. The maximum atomic E-state index is 12.4. The Morgan fingerprint density at radius 3 is 2.73 bits per heavy atom. The molecular weight excluding hydrogens is 350 g/mol. The highest BCUT2D eigenvalue weighted by Crippen LogP contribution is 2.40. The Bertz CT molecular complexity index is 627. The van der Waals surface area contributed by atoms with Crippen LogP contribution < -0.4 is 11.1 Å². The molecule has 1 aromatic rings. The second kappa shape index (κ2) is 7.88. The summed E-state index contributed by atoms with van der Waals surface area (Å²) in [5.41, 5.74) is 6.41. The van der Waals surface area contributed by atoms with Gasteiger partial charge >= 0.3 is 0 Å². The number of hydrogen-bond donors (Lipinski definition) is 2. The van der Waals surface area contributed by atoms with Crippen LogP contribution in [0.2, 0.25) is 0 Å². The Hall–Kier alpha value is -1.09. The Balaban J connectivity index is 1.24. The van der Waals surface area contributed by atoms with Gasteiger partial charge in [0.1, 0.15) is 5.76 Å². The average Bonchev–Trinajstić information content (AvgIpc) is 3.36. The van der Waals surface area contributed by atoms with Gasteiger partial charge in [-0.1, -0.05) is 5.16 Å². The summed E-state index contributed by atoms with van der Waals surface area (Å²) in [6.07, 6.45) is 6.37. The number of nitrogens with zero attached hydrogens (tertiary/aromatic N) is 3. The van der Waals surface area contributed by atoms with E-state index in [1.807, 2.05) is 18.2 Å². The SMILES string of the molecule is CC1CC(NC(=O)c2cc(C3CC3)on2)CCN1SN1CCC(N)CC1. The maximum absolute atomic E-state index is 12.4. The highest BCUT2D eigenvalue weighted by Gasteiger charge is 2.31. The van der Waals surface area contributed by atoms with Gasteiger partial charge < -0.3 is 15.6 Å². The molecule has 0 spiro atoms. The summed E-state index contributed by atoms with van der Waals surface area (Å²) in [7, 11) is 0. The lowest BCUT2D eigenvalue weighted by atomic mass is 10.0. The molecule has 2 atom stereocenters. The third kappa shape index (κ3) is 4.42. The van der Waals surface area contributed by atoms with Crippen molar-refractivity contribution in [2.24, 2.45) is 5.73 Å². The van der Waals surface area contributed by atoms with Gasteiger partial charge in [0, 0.05) is 61.9 Å². The molecule has 1 saturated carbocycles. The van der Waals surface area contributed by atoms with E-state index in [2.05, 4.69) is 26.0 Å². The van der Waals surface area contributed by atoms with Crippen LogP contribution in [0.4, 0.5) is 0 Å². The van der Waals surface area contributed by atoms with E-state index in [0.29, 0.717) is 23.7 Å². The quantitative estimate of drug-likeness (QED) is 0.758. The van der Waals surface area contributed by atoms with Crippen molar-refractivity contribution in [3.05, 3.63) is 17.5 Å². The summed E-state index contributed by atoms with van der Waals surface area (Å²) >= 11 is 1.85. The molecule has 4 rings (SSSR count). The summed E-state index contributed by atoms with van der Waals surface area (Å²) in [6.45, 7) is 5.34. The highest BCUT2D eigenvalue weighted by molar-refractivity contribution is 7.94. The molecular formula is C18H29N5O2S. The maximum Gasteiger partial charge on any atom is 0.273 e. The van der Waals surface area contributed by atoms with Crippen molar-refractivity contribution in [3.63, 3.8) is 0 Å². The molecule has 3 heterocycles. The fourth-order valence-electron chi connectivity index (χ4n) is 3.72.